The standard InChI is InChI=1S/C10H9BBrF3O/c1-2-9(16,10(13,14)15)6-3-4-7(11)8(12)5-6/h2-5,16H,1,11H2. The summed E-state index contributed by atoms with van der Waals surface area (Å²) in [4.78, 5) is 0. The maximum atomic E-state index is 12.7. The van der Waals surface area contributed by atoms with Gasteiger partial charge in [0.05, 0.1) is 0 Å². The van der Waals surface area contributed by atoms with Crippen molar-refractivity contribution in [2.45, 2.75) is 11.8 Å². The Morgan fingerprint density at radius 1 is 1.38 bits per heavy atom. The number of aliphatic hydroxyl groups is 1. The molecule has 1 aromatic carbocycles. The predicted molar refractivity (Wildman–Crippen MR) is 62.5 cm³/mol. The van der Waals surface area contributed by atoms with Gasteiger partial charge in [-0.25, -0.2) is 0 Å². The Hall–Kier alpha value is -0.745. The Kier molecular flexibility index (Phi) is 3.54. The minimum absolute atomic E-state index is 0.257. The lowest BCUT2D eigenvalue weighted by molar-refractivity contribution is -0.245. The first-order valence-corrected chi connectivity index (χ1v) is 5.21. The lowest BCUT2D eigenvalue weighted by atomic mass is 9.88. The van der Waals surface area contributed by atoms with E-state index in [0.29, 0.717) is 10.5 Å². The summed E-state index contributed by atoms with van der Waals surface area (Å²) in [6.45, 7) is 3.04. The SMILES string of the molecule is Bc1ccc(C(O)(C=C)C(F)(F)F)cc1Br. The van der Waals surface area contributed by atoms with E-state index in [0.717, 1.165) is 5.46 Å². The molecule has 1 nitrogen and oxygen atoms in total. The first-order valence-electron chi connectivity index (χ1n) is 4.41. The highest BCUT2D eigenvalue weighted by Crippen LogP contribution is 2.40. The van der Waals surface area contributed by atoms with E-state index < -0.39 is 11.8 Å². The molecule has 0 heterocycles. The van der Waals surface area contributed by atoms with E-state index in [2.05, 4.69) is 22.5 Å². The van der Waals surface area contributed by atoms with E-state index >= 15 is 0 Å². The Morgan fingerprint density at radius 3 is 2.31 bits per heavy atom. The Bertz CT molecular complexity index is 419. The topological polar surface area (TPSA) is 20.2 Å². The fourth-order valence-corrected chi connectivity index (χ4v) is 1.61. The highest BCUT2D eigenvalue weighted by molar-refractivity contribution is 9.10. The molecule has 1 N–H and O–H groups in total. The third kappa shape index (κ3) is 2.17. The van der Waals surface area contributed by atoms with Gasteiger partial charge < -0.3 is 5.11 Å². The quantitative estimate of drug-likeness (QED) is 0.649. The van der Waals surface area contributed by atoms with Crippen LogP contribution < -0.4 is 5.46 Å². The lowest BCUT2D eigenvalue weighted by Crippen LogP contribution is -2.40. The van der Waals surface area contributed by atoms with Gasteiger partial charge in [0.25, 0.3) is 0 Å². The Morgan fingerprint density at radius 2 is 1.94 bits per heavy atom. The summed E-state index contributed by atoms with van der Waals surface area (Å²) >= 11 is 3.12. The fraction of sp³-hybridized carbons (Fsp3) is 0.200. The molecule has 0 fully saturated rings. The van der Waals surface area contributed by atoms with Crippen molar-refractivity contribution < 1.29 is 18.3 Å². The average molecular weight is 293 g/mol. The van der Waals surface area contributed by atoms with Crippen LogP contribution in [-0.4, -0.2) is 19.1 Å². The van der Waals surface area contributed by atoms with E-state index in [1.165, 1.54) is 18.2 Å². The van der Waals surface area contributed by atoms with Crippen LogP contribution in [0.1, 0.15) is 5.56 Å². The molecule has 1 aromatic rings. The monoisotopic (exact) mass is 292 g/mol. The predicted octanol–water partition coefficient (Wildman–Crippen LogP) is 1.64. The minimum atomic E-state index is -4.79. The molecule has 1 atom stereocenters. The van der Waals surface area contributed by atoms with Crippen LogP contribution in [0, 0.1) is 0 Å². The average Bonchev–Trinajstić information content (AvgIpc) is 2.19. The molecule has 0 aliphatic rings. The van der Waals surface area contributed by atoms with Gasteiger partial charge in [-0.1, -0.05) is 40.1 Å². The second-order valence-electron chi connectivity index (χ2n) is 3.43. The summed E-state index contributed by atoms with van der Waals surface area (Å²) in [5, 5.41) is 9.58. The molecular formula is C10H9BBrF3O. The third-order valence-corrected chi connectivity index (χ3v) is 3.19. The molecule has 0 saturated heterocycles. The van der Waals surface area contributed by atoms with Crippen molar-refractivity contribution in [1.82, 2.24) is 0 Å². The molecule has 6 heteroatoms. The molecule has 0 radical (unpaired) electrons. The van der Waals surface area contributed by atoms with Gasteiger partial charge in [-0.15, -0.1) is 0 Å². The lowest BCUT2D eigenvalue weighted by Gasteiger charge is -2.27. The zero-order chi connectivity index (χ0) is 12.6. The third-order valence-electron chi connectivity index (χ3n) is 2.34. The van der Waals surface area contributed by atoms with Gasteiger partial charge in [0, 0.05) is 4.47 Å². The maximum absolute atomic E-state index is 12.7. The molecule has 0 bridgehead atoms. The molecule has 1 rings (SSSR count). The van der Waals surface area contributed by atoms with Crippen molar-refractivity contribution in [3.05, 3.63) is 40.9 Å². The van der Waals surface area contributed by atoms with Crippen molar-refractivity contribution in [3.8, 4) is 0 Å². The molecule has 0 aliphatic carbocycles. The van der Waals surface area contributed by atoms with Gasteiger partial charge in [0.15, 0.2) is 0 Å². The van der Waals surface area contributed by atoms with Crippen LogP contribution >= 0.6 is 15.9 Å². The number of rotatable bonds is 2. The molecule has 0 amide bonds. The van der Waals surface area contributed by atoms with Crippen molar-refractivity contribution in [2.24, 2.45) is 0 Å². The summed E-state index contributed by atoms with van der Waals surface area (Å²) in [5.74, 6) is 0. The fourth-order valence-electron chi connectivity index (χ4n) is 1.23. The zero-order valence-electron chi connectivity index (χ0n) is 8.48. The van der Waals surface area contributed by atoms with E-state index in [-0.39, 0.29) is 5.56 Å². The van der Waals surface area contributed by atoms with Crippen LogP contribution in [0.3, 0.4) is 0 Å². The van der Waals surface area contributed by atoms with E-state index in [1.807, 2.05) is 0 Å². The van der Waals surface area contributed by atoms with Crippen LogP contribution in [0.4, 0.5) is 13.2 Å². The second kappa shape index (κ2) is 4.26. The highest BCUT2D eigenvalue weighted by atomic mass is 79.9. The van der Waals surface area contributed by atoms with Gasteiger partial charge in [-0.05, 0) is 17.7 Å². The summed E-state index contributed by atoms with van der Waals surface area (Å²) in [7, 11) is 1.74. The van der Waals surface area contributed by atoms with Gasteiger partial charge in [0.1, 0.15) is 7.85 Å². The molecule has 0 saturated carbocycles. The van der Waals surface area contributed by atoms with Crippen LogP contribution in [0.2, 0.25) is 0 Å². The van der Waals surface area contributed by atoms with E-state index in [1.54, 1.807) is 7.85 Å². The van der Waals surface area contributed by atoms with Gasteiger partial charge in [-0.2, -0.15) is 13.2 Å². The summed E-state index contributed by atoms with van der Waals surface area (Å²) in [5.41, 5.74) is -2.48. The van der Waals surface area contributed by atoms with Crippen molar-refractivity contribution in [3.63, 3.8) is 0 Å². The molecule has 0 spiro atoms. The normalized spacial score (nSPS) is 15.6. The van der Waals surface area contributed by atoms with Gasteiger partial charge >= 0.3 is 6.18 Å². The molecular weight excluding hydrogens is 284 g/mol. The first-order chi connectivity index (χ1) is 7.22. The minimum Gasteiger partial charge on any atom is -0.373 e. The largest absolute Gasteiger partial charge is 0.425 e. The smallest absolute Gasteiger partial charge is 0.373 e. The summed E-state index contributed by atoms with van der Waals surface area (Å²) in [6.07, 6.45) is -4.30. The van der Waals surface area contributed by atoms with E-state index in [4.69, 9.17) is 0 Å². The van der Waals surface area contributed by atoms with Crippen molar-refractivity contribution in [2.75, 3.05) is 0 Å². The first kappa shape index (κ1) is 13.3. The Balaban J connectivity index is 3.35. The van der Waals surface area contributed by atoms with Crippen LogP contribution in [-0.2, 0) is 5.60 Å². The van der Waals surface area contributed by atoms with Crippen LogP contribution in [0.25, 0.3) is 0 Å². The molecule has 86 valence electrons. The van der Waals surface area contributed by atoms with Crippen molar-refractivity contribution in [1.29, 1.82) is 0 Å². The molecule has 0 aromatic heterocycles. The van der Waals surface area contributed by atoms with Crippen molar-refractivity contribution >= 4 is 29.2 Å². The summed E-state index contributed by atoms with van der Waals surface area (Å²) in [6, 6.07) is 3.97. The number of benzene rings is 1. The van der Waals surface area contributed by atoms with Crippen LogP contribution in [0.15, 0.2) is 35.3 Å². The Labute approximate surface area is 101 Å². The molecule has 16 heavy (non-hydrogen) atoms. The van der Waals surface area contributed by atoms with Gasteiger partial charge in [0.2, 0.25) is 5.60 Å². The summed E-state index contributed by atoms with van der Waals surface area (Å²) < 4.78 is 38.6. The van der Waals surface area contributed by atoms with Gasteiger partial charge in [-0.3, -0.25) is 0 Å². The highest BCUT2D eigenvalue weighted by Gasteiger charge is 2.52. The number of halogens is 4. The number of alkyl halides is 3. The second-order valence-corrected chi connectivity index (χ2v) is 4.29. The number of hydrogen-bond donors (Lipinski definition) is 1. The molecule has 1 unspecified atom stereocenters. The maximum Gasteiger partial charge on any atom is 0.425 e. The van der Waals surface area contributed by atoms with Crippen LogP contribution in [0.5, 0.6) is 0 Å². The molecule has 0 aliphatic heterocycles. The zero-order valence-corrected chi connectivity index (χ0v) is 10.1. The number of hydrogen-bond acceptors (Lipinski definition) is 1. The van der Waals surface area contributed by atoms with E-state index in [9.17, 15) is 18.3 Å².